The lowest BCUT2D eigenvalue weighted by atomic mass is 10.3. The van der Waals surface area contributed by atoms with Gasteiger partial charge >= 0.3 is 0 Å². The lowest BCUT2D eigenvalue weighted by molar-refractivity contribution is 0.00511. The summed E-state index contributed by atoms with van der Waals surface area (Å²) >= 11 is 0. The maximum atomic E-state index is 7.57. The van der Waals surface area contributed by atoms with Crippen LogP contribution in [0.2, 0.25) is 0 Å². The van der Waals surface area contributed by atoms with E-state index in [9.17, 15) is 0 Å². The minimum absolute atomic E-state index is 0.250. The van der Waals surface area contributed by atoms with Crippen molar-refractivity contribution in [2.24, 2.45) is 0 Å². The Labute approximate surface area is 76.9 Å². The molecule has 2 atom stereocenters. The van der Waals surface area contributed by atoms with Gasteiger partial charge in [0.05, 0.1) is 12.2 Å². The van der Waals surface area contributed by atoms with Gasteiger partial charge in [0.25, 0.3) is 0 Å². The molecule has 2 unspecified atom stereocenters. The molecule has 2 heteroatoms. The molecule has 0 aromatic heterocycles. The Bertz CT molecular complexity index is 66.2. The van der Waals surface area contributed by atoms with Gasteiger partial charge in [-0.2, -0.15) is 0 Å². The van der Waals surface area contributed by atoms with Crippen LogP contribution in [0, 0.1) is 0 Å². The van der Waals surface area contributed by atoms with Crippen molar-refractivity contribution >= 4 is 0 Å². The smallest absolute Gasteiger partial charge is 0.0548 e. The van der Waals surface area contributed by atoms with Crippen molar-refractivity contribution in [2.75, 3.05) is 6.61 Å². The van der Waals surface area contributed by atoms with Crippen LogP contribution in [-0.4, -0.2) is 23.9 Å². The second-order valence-electron chi connectivity index (χ2n) is 2.89. The first-order chi connectivity index (χ1) is 5.62. The second-order valence-corrected chi connectivity index (χ2v) is 2.89. The first-order valence-corrected chi connectivity index (χ1v) is 4.88. The summed E-state index contributed by atoms with van der Waals surface area (Å²) in [6.07, 6.45) is 3.09. The Kier molecular flexibility index (Phi) is 13.1. The quantitative estimate of drug-likeness (QED) is 0.713. The van der Waals surface area contributed by atoms with Gasteiger partial charge in [0.15, 0.2) is 0 Å². The summed E-state index contributed by atoms with van der Waals surface area (Å²) in [7, 11) is 0. The van der Waals surface area contributed by atoms with Crippen molar-refractivity contribution in [1.29, 1.82) is 0 Å². The lowest BCUT2D eigenvalue weighted by Gasteiger charge is -2.15. The monoisotopic (exact) mass is 176 g/mol. The van der Waals surface area contributed by atoms with Crippen LogP contribution in [0.25, 0.3) is 0 Å². The van der Waals surface area contributed by atoms with Crippen LogP contribution in [0.5, 0.6) is 0 Å². The van der Waals surface area contributed by atoms with E-state index in [1.54, 1.807) is 6.92 Å². The van der Waals surface area contributed by atoms with Crippen molar-refractivity contribution in [3.63, 3.8) is 0 Å². The Hall–Kier alpha value is -0.0800. The van der Waals surface area contributed by atoms with Crippen LogP contribution in [0.15, 0.2) is 0 Å². The molecule has 76 valence electrons. The first-order valence-electron chi connectivity index (χ1n) is 4.88. The van der Waals surface area contributed by atoms with Crippen LogP contribution in [0.1, 0.15) is 47.5 Å². The number of aliphatic hydroxyl groups excluding tert-OH is 1. The molecular weight excluding hydrogens is 152 g/mol. The van der Waals surface area contributed by atoms with Crippen molar-refractivity contribution in [3.05, 3.63) is 0 Å². The Morgan fingerprint density at radius 2 is 1.25 bits per heavy atom. The zero-order chi connectivity index (χ0) is 9.98. The topological polar surface area (TPSA) is 29.5 Å². The largest absolute Gasteiger partial charge is 0.397 e. The molecule has 0 bridgehead atoms. The van der Waals surface area contributed by atoms with Crippen molar-refractivity contribution in [2.45, 2.75) is 59.7 Å². The van der Waals surface area contributed by atoms with Gasteiger partial charge in [-0.3, -0.25) is 0 Å². The first kappa shape index (κ1) is 14.4. The maximum Gasteiger partial charge on any atom is 0.0548 e. The predicted molar refractivity (Wildman–Crippen MR) is 53.4 cm³/mol. The molecule has 0 radical (unpaired) electrons. The highest BCUT2D eigenvalue weighted by atomic mass is 16.5. The summed E-state index contributed by atoms with van der Waals surface area (Å²) in [5.41, 5.74) is 0. The summed E-state index contributed by atoms with van der Waals surface area (Å²) in [5.74, 6) is 0. The molecule has 0 aromatic carbocycles. The molecular formula is C10H24O2. The van der Waals surface area contributed by atoms with Crippen molar-refractivity contribution < 1.29 is 9.84 Å². The molecule has 0 aliphatic heterocycles. The van der Waals surface area contributed by atoms with E-state index in [-0.39, 0.29) is 6.61 Å². The Morgan fingerprint density at radius 3 is 1.42 bits per heavy atom. The number of hydrogen-bond donors (Lipinski definition) is 1. The SMILES string of the molecule is CCC(C)OC(C)CC.CCO. The summed E-state index contributed by atoms with van der Waals surface area (Å²) in [6.45, 7) is 10.5. The highest BCUT2D eigenvalue weighted by Crippen LogP contribution is 2.03. The molecule has 0 amide bonds. The Balaban J connectivity index is 0. The molecule has 1 N–H and O–H groups in total. The normalized spacial score (nSPS) is 14.5. The molecule has 0 fully saturated rings. The minimum Gasteiger partial charge on any atom is -0.397 e. The molecule has 0 rings (SSSR count). The second kappa shape index (κ2) is 10.9. The van der Waals surface area contributed by atoms with Gasteiger partial charge in [0, 0.05) is 6.61 Å². The molecule has 0 aliphatic carbocycles. The van der Waals surface area contributed by atoms with Crippen LogP contribution < -0.4 is 0 Å². The van der Waals surface area contributed by atoms with Gasteiger partial charge in [0.1, 0.15) is 0 Å². The molecule has 0 spiro atoms. The zero-order valence-corrected chi connectivity index (χ0v) is 9.13. The van der Waals surface area contributed by atoms with E-state index in [1.807, 2.05) is 0 Å². The molecule has 12 heavy (non-hydrogen) atoms. The van der Waals surface area contributed by atoms with Crippen LogP contribution >= 0.6 is 0 Å². The number of rotatable bonds is 4. The van der Waals surface area contributed by atoms with E-state index >= 15 is 0 Å². The van der Waals surface area contributed by atoms with Gasteiger partial charge in [-0.15, -0.1) is 0 Å². The summed E-state index contributed by atoms with van der Waals surface area (Å²) in [6, 6.07) is 0. The molecule has 2 nitrogen and oxygen atoms in total. The van der Waals surface area contributed by atoms with Crippen LogP contribution in [0.3, 0.4) is 0 Å². The highest BCUT2D eigenvalue weighted by Gasteiger charge is 2.02. The van der Waals surface area contributed by atoms with E-state index < -0.39 is 0 Å². The van der Waals surface area contributed by atoms with Gasteiger partial charge in [0.2, 0.25) is 0 Å². The maximum absolute atomic E-state index is 7.57. The third kappa shape index (κ3) is 12.6. The molecule has 0 aliphatic rings. The molecule has 0 heterocycles. The molecule has 0 aromatic rings. The molecule has 0 saturated heterocycles. The average molecular weight is 176 g/mol. The van der Waals surface area contributed by atoms with Crippen molar-refractivity contribution in [3.8, 4) is 0 Å². The fraction of sp³-hybridized carbons (Fsp3) is 1.00. The highest BCUT2D eigenvalue weighted by molar-refractivity contribution is 4.50. The van der Waals surface area contributed by atoms with Gasteiger partial charge < -0.3 is 9.84 Å². The standard InChI is InChI=1S/C8H18O.C2H6O/c1-5-7(3)9-8(4)6-2;1-2-3/h7-8H,5-6H2,1-4H3;3H,2H2,1H3. The van der Waals surface area contributed by atoms with Crippen LogP contribution in [0.4, 0.5) is 0 Å². The average Bonchev–Trinajstić information content (AvgIpc) is 2.05. The zero-order valence-electron chi connectivity index (χ0n) is 9.13. The third-order valence-corrected chi connectivity index (χ3v) is 1.61. The molecule has 0 saturated carbocycles. The van der Waals surface area contributed by atoms with E-state index in [0.717, 1.165) is 12.8 Å². The van der Waals surface area contributed by atoms with Gasteiger partial charge in [-0.25, -0.2) is 0 Å². The fourth-order valence-electron chi connectivity index (χ4n) is 0.589. The summed E-state index contributed by atoms with van der Waals surface area (Å²) in [4.78, 5) is 0. The number of ether oxygens (including phenoxy) is 1. The van der Waals surface area contributed by atoms with Gasteiger partial charge in [-0.1, -0.05) is 13.8 Å². The predicted octanol–water partition coefficient (Wildman–Crippen LogP) is 2.60. The number of hydrogen-bond acceptors (Lipinski definition) is 2. The summed E-state index contributed by atoms with van der Waals surface area (Å²) in [5, 5.41) is 7.57. The van der Waals surface area contributed by atoms with Gasteiger partial charge in [-0.05, 0) is 33.6 Å². The van der Waals surface area contributed by atoms with E-state index in [1.165, 1.54) is 0 Å². The Morgan fingerprint density at radius 1 is 1.00 bits per heavy atom. The van der Waals surface area contributed by atoms with E-state index in [2.05, 4.69) is 27.7 Å². The van der Waals surface area contributed by atoms with E-state index in [0.29, 0.717) is 12.2 Å². The van der Waals surface area contributed by atoms with Crippen LogP contribution in [-0.2, 0) is 4.74 Å². The van der Waals surface area contributed by atoms with Crippen molar-refractivity contribution in [1.82, 2.24) is 0 Å². The van der Waals surface area contributed by atoms with E-state index in [4.69, 9.17) is 9.84 Å². The number of aliphatic hydroxyl groups is 1. The minimum atomic E-state index is 0.250. The lowest BCUT2D eigenvalue weighted by Crippen LogP contribution is -2.14. The fourth-order valence-corrected chi connectivity index (χ4v) is 0.589. The summed E-state index contributed by atoms with van der Waals surface area (Å²) < 4.78 is 5.55. The third-order valence-electron chi connectivity index (χ3n) is 1.61.